The van der Waals surface area contributed by atoms with Gasteiger partial charge in [0.2, 0.25) is 5.90 Å². The van der Waals surface area contributed by atoms with Crippen molar-refractivity contribution in [3.05, 3.63) is 29.8 Å². The number of aliphatic imine (C=N–C) groups is 1. The third-order valence-electron chi connectivity index (χ3n) is 2.04. The first-order valence-electron chi connectivity index (χ1n) is 4.40. The van der Waals surface area contributed by atoms with Crippen molar-refractivity contribution in [2.75, 3.05) is 13.2 Å². The van der Waals surface area contributed by atoms with Crippen LogP contribution in [-0.2, 0) is 4.74 Å². The summed E-state index contributed by atoms with van der Waals surface area (Å²) >= 11 is 0. The van der Waals surface area contributed by atoms with Crippen molar-refractivity contribution >= 4 is 5.90 Å². The van der Waals surface area contributed by atoms with E-state index in [0.29, 0.717) is 12.5 Å². The van der Waals surface area contributed by atoms with E-state index < -0.39 is 0 Å². The lowest BCUT2D eigenvalue weighted by Crippen LogP contribution is -2.10. The lowest BCUT2D eigenvalue weighted by atomic mass is 10.2. The zero-order valence-electron chi connectivity index (χ0n) is 7.55. The van der Waals surface area contributed by atoms with Gasteiger partial charge in [-0.15, -0.1) is 0 Å². The van der Waals surface area contributed by atoms with Gasteiger partial charge in [-0.05, 0) is 24.3 Å². The van der Waals surface area contributed by atoms with Crippen LogP contribution < -0.4 is 0 Å². The van der Waals surface area contributed by atoms with Crippen LogP contribution in [0.1, 0.15) is 5.56 Å². The Bertz CT molecular complexity index is 345. The average Bonchev–Trinajstić information content (AvgIpc) is 2.67. The first-order chi connectivity index (χ1) is 6.79. The second kappa shape index (κ2) is 3.67. The summed E-state index contributed by atoms with van der Waals surface area (Å²) in [6.07, 6.45) is 0. The Balaban J connectivity index is 2.20. The smallest absolute Gasteiger partial charge is 0.216 e. The molecule has 0 saturated carbocycles. The second-order valence-electron chi connectivity index (χ2n) is 3.13. The highest BCUT2D eigenvalue weighted by Crippen LogP contribution is 2.15. The van der Waals surface area contributed by atoms with Crippen LogP contribution in [0.15, 0.2) is 29.3 Å². The normalized spacial score (nSPS) is 20.4. The molecule has 1 aromatic rings. The van der Waals surface area contributed by atoms with Crippen LogP contribution in [0, 0.1) is 0 Å². The Morgan fingerprint density at radius 2 is 2.07 bits per heavy atom. The maximum Gasteiger partial charge on any atom is 0.216 e. The van der Waals surface area contributed by atoms with Crippen LogP contribution in [0.2, 0.25) is 0 Å². The number of ether oxygens (including phenoxy) is 1. The van der Waals surface area contributed by atoms with Gasteiger partial charge in [-0.25, -0.2) is 4.99 Å². The number of nitrogens with zero attached hydrogens (tertiary/aromatic N) is 1. The summed E-state index contributed by atoms with van der Waals surface area (Å²) in [6.45, 7) is 0.425. The molecule has 2 rings (SSSR count). The van der Waals surface area contributed by atoms with Crippen molar-refractivity contribution in [1.29, 1.82) is 0 Å². The van der Waals surface area contributed by atoms with E-state index in [4.69, 9.17) is 14.9 Å². The van der Waals surface area contributed by atoms with Gasteiger partial charge in [-0.3, -0.25) is 0 Å². The Morgan fingerprint density at radius 3 is 2.64 bits per heavy atom. The minimum Gasteiger partial charge on any atom is -0.508 e. The van der Waals surface area contributed by atoms with Gasteiger partial charge >= 0.3 is 0 Å². The summed E-state index contributed by atoms with van der Waals surface area (Å²) in [7, 11) is 0. The molecule has 14 heavy (non-hydrogen) atoms. The molecule has 1 aliphatic rings. The molecule has 1 heterocycles. The highest BCUT2D eigenvalue weighted by atomic mass is 16.5. The van der Waals surface area contributed by atoms with Gasteiger partial charge in [-0.1, -0.05) is 0 Å². The highest BCUT2D eigenvalue weighted by molar-refractivity contribution is 5.95. The zero-order valence-corrected chi connectivity index (χ0v) is 7.55. The SMILES string of the molecule is OC[C@@H]1COC(c2ccc(O)cc2)=N1. The van der Waals surface area contributed by atoms with Crippen molar-refractivity contribution in [3.8, 4) is 5.75 Å². The summed E-state index contributed by atoms with van der Waals surface area (Å²) in [6, 6.07) is 6.46. The molecule has 0 bridgehead atoms. The van der Waals surface area contributed by atoms with Crippen LogP contribution in [0.4, 0.5) is 0 Å². The van der Waals surface area contributed by atoms with Gasteiger partial charge in [0.15, 0.2) is 0 Å². The van der Waals surface area contributed by atoms with Gasteiger partial charge < -0.3 is 14.9 Å². The van der Waals surface area contributed by atoms with E-state index in [-0.39, 0.29) is 18.4 Å². The topological polar surface area (TPSA) is 62.0 Å². The number of benzene rings is 1. The Hall–Kier alpha value is -1.55. The molecule has 0 aliphatic carbocycles. The first-order valence-corrected chi connectivity index (χ1v) is 4.40. The number of hydrogen-bond acceptors (Lipinski definition) is 4. The minimum atomic E-state index is -0.154. The van der Waals surface area contributed by atoms with Crippen LogP contribution in [0.3, 0.4) is 0 Å². The Kier molecular flexibility index (Phi) is 2.37. The number of rotatable bonds is 2. The molecule has 4 nitrogen and oxygen atoms in total. The third kappa shape index (κ3) is 1.70. The second-order valence-corrected chi connectivity index (χ2v) is 3.13. The number of phenols is 1. The summed E-state index contributed by atoms with van der Waals surface area (Å²) in [5.41, 5.74) is 0.818. The molecule has 74 valence electrons. The van der Waals surface area contributed by atoms with E-state index in [0.717, 1.165) is 5.56 Å². The van der Waals surface area contributed by atoms with E-state index >= 15 is 0 Å². The molecule has 1 aliphatic heterocycles. The van der Waals surface area contributed by atoms with Crippen molar-refractivity contribution in [1.82, 2.24) is 0 Å². The van der Waals surface area contributed by atoms with Gasteiger partial charge in [0.1, 0.15) is 18.4 Å². The van der Waals surface area contributed by atoms with Gasteiger partial charge in [0.05, 0.1) is 6.61 Å². The fourth-order valence-corrected chi connectivity index (χ4v) is 1.27. The first kappa shape index (κ1) is 9.02. The van der Waals surface area contributed by atoms with Crippen LogP contribution in [-0.4, -0.2) is 35.4 Å². The number of aromatic hydroxyl groups is 1. The Morgan fingerprint density at radius 1 is 1.36 bits per heavy atom. The molecule has 0 fully saturated rings. The molecule has 1 aromatic carbocycles. The summed E-state index contributed by atoms with van der Waals surface area (Å²) in [5, 5.41) is 17.9. The minimum absolute atomic E-state index is 0.00157. The molecule has 0 spiro atoms. The van der Waals surface area contributed by atoms with E-state index in [1.54, 1.807) is 24.3 Å². The van der Waals surface area contributed by atoms with Crippen molar-refractivity contribution in [2.24, 2.45) is 4.99 Å². The molecule has 0 aromatic heterocycles. The molecule has 2 N–H and O–H groups in total. The molecular weight excluding hydrogens is 182 g/mol. The molecule has 0 saturated heterocycles. The predicted molar refractivity (Wildman–Crippen MR) is 51.5 cm³/mol. The molecule has 0 amide bonds. The van der Waals surface area contributed by atoms with Crippen molar-refractivity contribution in [2.45, 2.75) is 6.04 Å². The van der Waals surface area contributed by atoms with Crippen LogP contribution >= 0.6 is 0 Å². The van der Waals surface area contributed by atoms with Gasteiger partial charge in [0.25, 0.3) is 0 Å². The zero-order chi connectivity index (χ0) is 9.97. The summed E-state index contributed by atoms with van der Waals surface area (Å²) in [5.74, 6) is 0.745. The standard InChI is InChI=1S/C10H11NO3/c12-5-8-6-14-10(11-8)7-1-3-9(13)4-2-7/h1-4,8,12-13H,5-6H2/t8-/m1/s1. The lowest BCUT2D eigenvalue weighted by molar-refractivity contribution is 0.227. The van der Waals surface area contributed by atoms with Gasteiger partial charge in [-0.2, -0.15) is 0 Å². The van der Waals surface area contributed by atoms with Crippen LogP contribution in [0.5, 0.6) is 5.75 Å². The molecule has 4 heteroatoms. The molecule has 1 atom stereocenters. The summed E-state index contributed by atoms with van der Waals surface area (Å²) in [4.78, 5) is 4.17. The monoisotopic (exact) mass is 193 g/mol. The van der Waals surface area contributed by atoms with E-state index in [1.807, 2.05) is 0 Å². The number of hydrogen-bond donors (Lipinski definition) is 2. The quantitative estimate of drug-likeness (QED) is 0.720. The average molecular weight is 193 g/mol. The third-order valence-corrected chi connectivity index (χ3v) is 2.04. The largest absolute Gasteiger partial charge is 0.508 e. The van der Waals surface area contributed by atoms with E-state index in [1.165, 1.54) is 0 Å². The number of phenolic OH excluding ortho intramolecular Hbond substituents is 1. The van der Waals surface area contributed by atoms with Gasteiger partial charge in [0, 0.05) is 5.56 Å². The highest BCUT2D eigenvalue weighted by Gasteiger charge is 2.18. The molecular formula is C10H11NO3. The van der Waals surface area contributed by atoms with E-state index in [2.05, 4.69) is 4.99 Å². The number of aliphatic hydroxyl groups excluding tert-OH is 1. The maximum absolute atomic E-state index is 9.08. The number of aliphatic hydroxyl groups is 1. The lowest BCUT2D eigenvalue weighted by Gasteiger charge is -2.00. The van der Waals surface area contributed by atoms with Crippen molar-refractivity contribution < 1.29 is 14.9 Å². The molecule has 0 unspecified atom stereocenters. The van der Waals surface area contributed by atoms with Crippen LogP contribution in [0.25, 0.3) is 0 Å². The maximum atomic E-state index is 9.08. The fraction of sp³-hybridized carbons (Fsp3) is 0.300. The summed E-state index contributed by atoms with van der Waals surface area (Å²) < 4.78 is 5.29. The predicted octanol–water partition coefficient (Wildman–Crippen LogP) is 0.530. The van der Waals surface area contributed by atoms with E-state index in [9.17, 15) is 0 Å². The fourth-order valence-electron chi connectivity index (χ4n) is 1.27. The van der Waals surface area contributed by atoms with Crippen molar-refractivity contribution in [3.63, 3.8) is 0 Å². The Labute approximate surface area is 81.5 Å². The molecule has 0 radical (unpaired) electrons.